The zero-order chi connectivity index (χ0) is 12.4. The van der Waals surface area contributed by atoms with Crippen molar-refractivity contribution in [1.82, 2.24) is 0 Å². The van der Waals surface area contributed by atoms with Gasteiger partial charge < -0.3 is 10.0 Å². The lowest BCUT2D eigenvalue weighted by molar-refractivity contribution is 0.199. The average molecular weight is 237 g/mol. The van der Waals surface area contributed by atoms with Crippen LogP contribution in [-0.2, 0) is 0 Å². The van der Waals surface area contributed by atoms with Gasteiger partial charge in [-0.05, 0) is 50.8 Å². The Labute approximate surface area is 102 Å². The first kappa shape index (κ1) is 12.4. The van der Waals surface area contributed by atoms with Gasteiger partial charge in [0.2, 0.25) is 0 Å². The number of nitrogens with zero attached hydrogens (tertiary/aromatic N) is 1. The van der Waals surface area contributed by atoms with Crippen molar-refractivity contribution in [3.63, 3.8) is 0 Å². The third kappa shape index (κ3) is 2.60. The lowest BCUT2D eigenvalue weighted by Gasteiger charge is -2.31. The van der Waals surface area contributed by atoms with Gasteiger partial charge in [0.05, 0.1) is 6.10 Å². The predicted molar refractivity (Wildman–Crippen MR) is 67.8 cm³/mol. The number of aliphatic hydroxyl groups is 1. The highest BCUT2D eigenvalue weighted by molar-refractivity contribution is 5.57. The van der Waals surface area contributed by atoms with Crippen LogP contribution in [0.3, 0.4) is 0 Å². The van der Waals surface area contributed by atoms with Crippen molar-refractivity contribution >= 4 is 5.69 Å². The van der Waals surface area contributed by atoms with E-state index in [9.17, 15) is 9.50 Å². The zero-order valence-corrected chi connectivity index (χ0v) is 10.5. The van der Waals surface area contributed by atoms with Crippen molar-refractivity contribution in [3.05, 3.63) is 29.1 Å². The second kappa shape index (κ2) is 5.05. The van der Waals surface area contributed by atoms with Gasteiger partial charge >= 0.3 is 0 Å². The van der Waals surface area contributed by atoms with Crippen LogP contribution in [0.5, 0.6) is 0 Å². The Bertz CT molecular complexity index is 397. The standard InChI is InChI=1S/C14H20FNO/c1-10-8-14(16-6-4-3-5-7-16)12(11(2)17)9-13(10)15/h8-9,11,17H,3-7H2,1-2H3. The van der Waals surface area contributed by atoms with Gasteiger partial charge in [-0.3, -0.25) is 0 Å². The molecule has 0 amide bonds. The Hall–Kier alpha value is -1.09. The number of rotatable bonds is 2. The molecule has 1 N–H and O–H groups in total. The molecular formula is C14H20FNO. The molecule has 1 saturated heterocycles. The van der Waals surface area contributed by atoms with E-state index in [-0.39, 0.29) is 5.82 Å². The van der Waals surface area contributed by atoms with E-state index in [1.165, 1.54) is 25.3 Å². The van der Waals surface area contributed by atoms with Crippen LogP contribution in [0, 0.1) is 12.7 Å². The summed E-state index contributed by atoms with van der Waals surface area (Å²) in [5.41, 5.74) is 2.35. The number of piperidine rings is 1. The van der Waals surface area contributed by atoms with Crippen LogP contribution in [0.1, 0.15) is 43.4 Å². The number of benzene rings is 1. The SMILES string of the molecule is Cc1cc(N2CCCCC2)c(C(C)O)cc1F. The van der Waals surface area contributed by atoms with E-state index in [2.05, 4.69) is 4.90 Å². The minimum absolute atomic E-state index is 0.235. The summed E-state index contributed by atoms with van der Waals surface area (Å²) in [4.78, 5) is 2.26. The molecule has 0 radical (unpaired) electrons. The van der Waals surface area contributed by atoms with Gasteiger partial charge in [0.25, 0.3) is 0 Å². The first-order valence-corrected chi connectivity index (χ1v) is 6.32. The zero-order valence-electron chi connectivity index (χ0n) is 10.5. The lowest BCUT2D eigenvalue weighted by Crippen LogP contribution is -2.30. The van der Waals surface area contributed by atoms with Crippen molar-refractivity contribution in [3.8, 4) is 0 Å². The Balaban J connectivity index is 2.39. The maximum absolute atomic E-state index is 13.6. The number of hydrogen-bond donors (Lipinski definition) is 1. The van der Waals surface area contributed by atoms with E-state index in [1.54, 1.807) is 13.8 Å². The molecule has 0 saturated carbocycles. The van der Waals surface area contributed by atoms with Gasteiger partial charge in [-0.25, -0.2) is 4.39 Å². The number of aryl methyl sites for hydroxylation is 1. The molecule has 0 bridgehead atoms. The van der Waals surface area contributed by atoms with Crippen LogP contribution in [0.4, 0.5) is 10.1 Å². The molecule has 2 nitrogen and oxygen atoms in total. The van der Waals surface area contributed by atoms with E-state index in [0.29, 0.717) is 11.1 Å². The second-order valence-electron chi connectivity index (χ2n) is 4.88. The number of aliphatic hydroxyl groups excluding tert-OH is 1. The minimum atomic E-state index is -0.623. The van der Waals surface area contributed by atoms with Crippen molar-refractivity contribution in [2.24, 2.45) is 0 Å². The third-order valence-corrected chi connectivity index (χ3v) is 3.45. The highest BCUT2D eigenvalue weighted by Crippen LogP contribution is 2.31. The summed E-state index contributed by atoms with van der Waals surface area (Å²) in [7, 11) is 0. The molecule has 94 valence electrons. The number of halogens is 1. The van der Waals surface area contributed by atoms with Gasteiger partial charge in [0.15, 0.2) is 0 Å². The summed E-state index contributed by atoms with van der Waals surface area (Å²) >= 11 is 0. The highest BCUT2D eigenvalue weighted by Gasteiger charge is 2.18. The summed E-state index contributed by atoms with van der Waals surface area (Å²) in [6.07, 6.45) is 2.99. The molecule has 1 aromatic carbocycles. The van der Waals surface area contributed by atoms with Gasteiger partial charge in [0, 0.05) is 24.3 Å². The molecule has 0 aromatic heterocycles. The van der Waals surface area contributed by atoms with E-state index < -0.39 is 6.10 Å². The molecule has 2 rings (SSSR count). The van der Waals surface area contributed by atoms with E-state index in [0.717, 1.165) is 18.8 Å². The van der Waals surface area contributed by atoms with Crippen LogP contribution >= 0.6 is 0 Å². The molecule has 0 aliphatic carbocycles. The summed E-state index contributed by atoms with van der Waals surface area (Å²) in [6, 6.07) is 3.34. The van der Waals surface area contributed by atoms with Gasteiger partial charge in [0.1, 0.15) is 5.82 Å². The first-order valence-electron chi connectivity index (χ1n) is 6.32. The number of anilines is 1. The Morgan fingerprint density at radius 1 is 1.24 bits per heavy atom. The van der Waals surface area contributed by atoms with E-state index >= 15 is 0 Å². The summed E-state index contributed by atoms with van der Waals surface area (Å²) in [5.74, 6) is -0.235. The van der Waals surface area contributed by atoms with Crippen LogP contribution in [0.25, 0.3) is 0 Å². The molecule has 1 heterocycles. The van der Waals surface area contributed by atoms with Gasteiger partial charge in [-0.2, -0.15) is 0 Å². The molecule has 0 spiro atoms. The second-order valence-corrected chi connectivity index (χ2v) is 4.88. The summed E-state index contributed by atoms with van der Waals surface area (Å²) in [6.45, 7) is 5.47. The van der Waals surface area contributed by atoms with E-state index in [1.807, 2.05) is 6.07 Å². The molecule has 1 atom stereocenters. The fraction of sp³-hybridized carbons (Fsp3) is 0.571. The molecular weight excluding hydrogens is 217 g/mol. The third-order valence-electron chi connectivity index (χ3n) is 3.45. The van der Waals surface area contributed by atoms with Crippen LogP contribution in [0.2, 0.25) is 0 Å². The fourth-order valence-electron chi connectivity index (χ4n) is 2.42. The summed E-state index contributed by atoms with van der Waals surface area (Å²) < 4.78 is 13.6. The number of hydrogen-bond acceptors (Lipinski definition) is 2. The monoisotopic (exact) mass is 237 g/mol. The normalized spacial score (nSPS) is 18.2. The lowest BCUT2D eigenvalue weighted by atomic mass is 10.0. The van der Waals surface area contributed by atoms with Gasteiger partial charge in [-0.15, -0.1) is 0 Å². The molecule has 1 aliphatic heterocycles. The van der Waals surface area contributed by atoms with Crippen LogP contribution in [0.15, 0.2) is 12.1 Å². The Morgan fingerprint density at radius 2 is 1.88 bits per heavy atom. The molecule has 1 aromatic rings. The maximum Gasteiger partial charge on any atom is 0.126 e. The van der Waals surface area contributed by atoms with E-state index in [4.69, 9.17) is 0 Å². The molecule has 1 unspecified atom stereocenters. The van der Waals surface area contributed by atoms with Gasteiger partial charge in [-0.1, -0.05) is 0 Å². The van der Waals surface area contributed by atoms with Crippen molar-refractivity contribution in [2.45, 2.75) is 39.2 Å². The van der Waals surface area contributed by atoms with Crippen LogP contribution in [-0.4, -0.2) is 18.2 Å². The first-order chi connectivity index (χ1) is 8.09. The van der Waals surface area contributed by atoms with Crippen molar-refractivity contribution in [2.75, 3.05) is 18.0 Å². The molecule has 1 fully saturated rings. The molecule has 17 heavy (non-hydrogen) atoms. The topological polar surface area (TPSA) is 23.5 Å². The maximum atomic E-state index is 13.6. The molecule has 3 heteroatoms. The van der Waals surface area contributed by atoms with Crippen molar-refractivity contribution < 1.29 is 9.50 Å². The largest absolute Gasteiger partial charge is 0.389 e. The average Bonchev–Trinajstić information content (AvgIpc) is 2.33. The summed E-state index contributed by atoms with van der Waals surface area (Å²) in [5, 5.41) is 9.76. The Kier molecular flexibility index (Phi) is 3.67. The quantitative estimate of drug-likeness (QED) is 0.854. The smallest absolute Gasteiger partial charge is 0.126 e. The van der Waals surface area contributed by atoms with Crippen LogP contribution < -0.4 is 4.90 Å². The predicted octanol–water partition coefficient (Wildman–Crippen LogP) is 3.18. The molecule has 1 aliphatic rings. The highest BCUT2D eigenvalue weighted by atomic mass is 19.1. The minimum Gasteiger partial charge on any atom is -0.389 e. The Morgan fingerprint density at radius 3 is 2.47 bits per heavy atom. The fourth-order valence-corrected chi connectivity index (χ4v) is 2.42. The van der Waals surface area contributed by atoms with Crippen molar-refractivity contribution in [1.29, 1.82) is 0 Å².